The van der Waals surface area contributed by atoms with Crippen LogP contribution in [0.4, 0.5) is 0 Å². The Morgan fingerprint density at radius 3 is 2.40 bits per heavy atom. The first-order valence-corrected chi connectivity index (χ1v) is 7.18. The molecule has 2 aliphatic rings. The van der Waals surface area contributed by atoms with E-state index in [0.717, 1.165) is 11.8 Å². The molecule has 0 aliphatic heterocycles. The Labute approximate surface area is 95.8 Å². The molecule has 0 bridgehead atoms. The molecule has 2 saturated carbocycles. The van der Waals surface area contributed by atoms with Gasteiger partial charge in [0.2, 0.25) is 0 Å². The first kappa shape index (κ1) is 11.5. The van der Waals surface area contributed by atoms with Crippen LogP contribution in [0.2, 0.25) is 0 Å². The van der Waals surface area contributed by atoms with Crippen LogP contribution in [0.3, 0.4) is 0 Å². The van der Waals surface area contributed by atoms with Gasteiger partial charge in [0.05, 0.1) is 0 Å². The fourth-order valence-electron chi connectivity index (χ4n) is 4.20. The van der Waals surface area contributed by atoms with Crippen molar-refractivity contribution in [3.8, 4) is 0 Å². The van der Waals surface area contributed by atoms with Crippen molar-refractivity contribution < 1.29 is 0 Å². The predicted octanol–water partition coefficient (Wildman–Crippen LogP) is 5.17. The summed E-state index contributed by atoms with van der Waals surface area (Å²) in [6.45, 7) is 5.02. The standard InChI is InChI=1S/C15H28/c1-13-7-6-10-15(2,11-13)12-14-8-4-3-5-9-14/h13-14H,3-12H2,1-2H3. The summed E-state index contributed by atoms with van der Waals surface area (Å²) in [5.74, 6) is 2.07. The van der Waals surface area contributed by atoms with Gasteiger partial charge in [-0.25, -0.2) is 0 Å². The van der Waals surface area contributed by atoms with E-state index < -0.39 is 0 Å². The third-order valence-corrected chi connectivity index (χ3v) is 4.82. The molecule has 0 N–H and O–H groups in total. The molecule has 2 fully saturated rings. The molecule has 0 aromatic carbocycles. The zero-order valence-corrected chi connectivity index (χ0v) is 10.7. The fourth-order valence-corrected chi connectivity index (χ4v) is 4.20. The van der Waals surface area contributed by atoms with Gasteiger partial charge in [0.15, 0.2) is 0 Å². The van der Waals surface area contributed by atoms with E-state index in [4.69, 9.17) is 0 Å². The van der Waals surface area contributed by atoms with Crippen LogP contribution in [0.25, 0.3) is 0 Å². The van der Waals surface area contributed by atoms with Crippen molar-refractivity contribution in [1.82, 2.24) is 0 Å². The van der Waals surface area contributed by atoms with Gasteiger partial charge in [0.1, 0.15) is 0 Å². The van der Waals surface area contributed by atoms with Crippen molar-refractivity contribution >= 4 is 0 Å². The molecule has 0 radical (unpaired) electrons. The molecular weight excluding hydrogens is 180 g/mol. The highest BCUT2D eigenvalue weighted by molar-refractivity contribution is 4.84. The monoisotopic (exact) mass is 208 g/mol. The van der Waals surface area contributed by atoms with E-state index in [2.05, 4.69) is 13.8 Å². The minimum atomic E-state index is 0.708. The average molecular weight is 208 g/mol. The van der Waals surface area contributed by atoms with Crippen molar-refractivity contribution in [3.05, 3.63) is 0 Å². The lowest BCUT2D eigenvalue weighted by Crippen LogP contribution is -2.28. The van der Waals surface area contributed by atoms with Gasteiger partial charge in [0, 0.05) is 0 Å². The van der Waals surface area contributed by atoms with Crippen LogP contribution in [0.15, 0.2) is 0 Å². The van der Waals surface area contributed by atoms with Crippen LogP contribution < -0.4 is 0 Å². The quantitative estimate of drug-likeness (QED) is 0.587. The Kier molecular flexibility index (Phi) is 3.74. The van der Waals surface area contributed by atoms with E-state index in [-0.39, 0.29) is 0 Å². The summed E-state index contributed by atoms with van der Waals surface area (Å²) in [6.07, 6.45) is 15.1. The Hall–Kier alpha value is 0. The maximum atomic E-state index is 2.57. The van der Waals surface area contributed by atoms with Gasteiger partial charge < -0.3 is 0 Å². The minimum Gasteiger partial charge on any atom is -0.0625 e. The van der Waals surface area contributed by atoms with Crippen LogP contribution in [0.1, 0.15) is 78.1 Å². The first-order chi connectivity index (χ1) is 7.18. The maximum Gasteiger partial charge on any atom is -0.0321 e. The third-order valence-electron chi connectivity index (χ3n) is 4.82. The van der Waals surface area contributed by atoms with Gasteiger partial charge in [-0.15, -0.1) is 0 Å². The molecule has 0 nitrogen and oxygen atoms in total. The average Bonchev–Trinajstić information content (AvgIpc) is 2.18. The summed E-state index contributed by atoms with van der Waals surface area (Å²) in [5, 5.41) is 0. The van der Waals surface area contributed by atoms with E-state index in [1.165, 1.54) is 64.2 Å². The Morgan fingerprint density at radius 1 is 1.00 bits per heavy atom. The molecule has 2 rings (SSSR count). The van der Waals surface area contributed by atoms with Crippen LogP contribution in [-0.4, -0.2) is 0 Å². The van der Waals surface area contributed by atoms with Crippen LogP contribution in [0.5, 0.6) is 0 Å². The van der Waals surface area contributed by atoms with Crippen LogP contribution in [-0.2, 0) is 0 Å². The SMILES string of the molecule is CC1CCCC(C)(CC2CCCCC2)C1. The molecule has 0 aromatic rings. The smallest absolute Gasteiger partial charge is 0.0321 e. The Morgan fingerprint density at radius 2 is 1.73 bits per heavy atom. The summed E-state index contributed by atoms with van der Waals surface area (Å²) < 4.78 is 0. The molecule has 2 atom stereocenters. The molecule has 2 unspecified atom stereocenters. The summed E-state index contributed by atoms with van der Waals surface area (Å²) in [6, 6.07) is 0. The first-order valence-electron chi connectivity index (χ1n) is 7.18. The van der Waals surface area contributed by atoms with E-state index in [0.29, 0.717) is 5.41 Å². The minimum absolute atomic E-state index is 0.708. The molecule has 0 amide bonds. The lowest BCUT2D eigenvalue weighted by molar-refractivity contribution is 0.116. The van der Waals surface area contributed by atoms with Crippen LogP contribution in [0, 0.1) is 17.3 Å². The number of hydrogen-bond acceptors (Lipinski definition) is 0. The molecule has 0 aromatic heterocycles. The lowest BCUT2D eigenvalue weighted by atomic mass is 9.65. The Balaban J connectivity index is 1.85. The van der Waals surface area contributed by atoms with Gasteiger partial charge in [-0.2, -0.15) is 0 Å². The second-order valence-electron chi connectivity index (χ2n) is 6.72. The summed E-state index contributed by atoms with van der Waals surface area (Å²) in [4.78, 5) is 0. The lowest BCUT2D eigenvalue weighted by Gasteiger charge is -2.40. The predicted molar refractivity (Wildman–Crippen MR) is 66.9 cm³/mol. The van der Waals surface area contributed by atoms with Gasteiger partial charge in [-0.1, -0.05) is 58.8 Å². The zero-order chi connectivity index (χ0) is 10.7. The highest BCUT2D eigenvalue weighted by Crippen LogP contribution is 2.45. The molecule has 88 valence electrons. The van der Waals surface area contributed by atoms with Crippen molar-refractivity contribution in [2.75, 3.05) is 0 Å². The van der Waals surface area contributed by atoms with Crippen molar-refractivity contribution in [2.45, 2.75) is 78.1 Å². The topological polar surface area (TPSA) is 0 Å². The molecular formula is C15H28. The highest BCUT2D eigenvalue weighted by atomic mass is 14.4. The summed E-state index contributed by atoms with van der Waals surface area (Å²) >= 11 is 0. The van der Waals surface area contributed by atoms with Gasteiger partial charge in [-0.05, 0) is 36.5 Å². The molecule has 0 saturated heterocycles. The third kappa shape index (κ3) is 3.23. The molecule has 0 heterocycles. The summed E-state index contributed by atoms with van der Waals surface area (Å²) in [5.41, 5.74) is 0.708. The normalized spacial score (nSPS) is 39.2. The highest BCUT2D eigenvalue weighted by Gasteiger charge is 2.32. The van der Waals surface area contributed by atoms with Crippen molar-refractivity contribution in [2.24, 2.45) is 17.3 Å². The van der Waals surface area contributed by atoms with Gasteiger partial charge in [-0.3, -0.25) is 0 Å². The van der Waals surface area contributed by atoms with E-state index in [1.807, 2.05) is 0 Å². The molecule has 2 aliphatic carbocycles. The van der Waals surface area contributed by atoms with Crippen LogP contribution >= 0.6 is 0 Å². The second-order valence-corrected chi connectivity index (χ2v) is 6.72. The van der Waals surface area contributed by atoms with E-state index in [1.54, 1.807) is 0 Å². The Bertz CT molecular complexity index is 190. The number of rotatable bonds is 2. The van der Waals surface area contributed by atoms with Crippen molar-refractivity contribution in [1.29, 1.82) is 0 Å². The fraction of sp³-hybridized carbons (Fsp3) is 1.00. The molecule has 15 heavy (non-hydrogen) atoms. The van der Waals surface area contributed by atoms with Crippen molar-refractivity contribution in [3.63, 3.8) is 0 Å². The second kappa shape index (κ2) is 4.89. The molecule has 0 heteroatoms. The largest absolute Gasteiger partial charge is 0.0625 e. The maximum absolute atomic E-state index is 2.57. The van der Waals surface area contributed by atoms with E-state index in [9.17, 15) is 0 Å². The zero-order valence-electron chi connectivity index (χ0n) is 10.7. The van der Waals surface area contributed by atoms with Gasteiger partial charge in [0.25, 0.3) is 0 Å². The summed E-state index contributed by atoms with van der Waals surface area (Å²) in [7, 11) is 0. The molecule has 0 spiro atoms. The van der Waals surface area contributed by atoms with E-state index >= 15 is 0 Å². The van der Waals surface area contributed by atoms with Gasteiger partial charge >= 0.3 is 0 Å². The number of hydrogen-bond donors (Lipinski definition) is 0.